The van der Waals surface area contributed by atoms with Gasteiger partial charge in [-0.3, -0.25) is 0 Å². The Hall–Kier alpha value is -0.300. The molecule has 3 rings (SSSR count). The smallest absolute Gasteiger partial charge is 0.265 e. The first kappa shape index (κ1) is 15.6. The lowest BCUT2D eigenvalue weighted by atomic mass is 9.74. The van der Waals surface area contributed by atoms with E-state index < -0.39 is 9.05 Å². The molecule has 1 atom stereocenters. The highest BCUT2D eigenvalue weighted by Gasteiger charge is 2.43. The molecule has 1 aliphatic heterocycles. The van der Waals surface area contributed by atoms with Crippen molar-refractivity contribution in [2.45, 2.75) is 48.7 Å². The lowest BCUT2D eigenvalue weighted by molar-refractivity contribution is -0.153. The summed E-state index contributed by atoms with van der Waals surface area (Å²) in [5.41, 5.74) is -0.0434. The molecule has 1 heterocycles. The van der Waals surface area contributed by atoms with Gasteiger partial charge in [0, 0.05) is 28.0 Å². The monoisotopic (exact) mass is 394 g/mol. The van der Waals surface area contributed by atoms with E-state index >= 15 is 0 Å². The van der Waals surface area contributed by atoms with E-state index in [0.717, 1.165) is 25.7 Å². The Labute approximate surface area is 137 Å². The van der Waals surface area contributed by atoms with Crippen LogP contribution >= 0.6 is 26.6 Å². The van der Waals surface area contributed by atoms with Gasteiger partial charge in [0.2, 0.25) is 0 Å². The first-order valence-electron chi connectivity index (χ1n) is 6.93. The molecule has 0 amide bonds. The van der Waals surface area contributed by atoms with Crippen LogP contribution in [0.3, 0.4) is 0 Å². The molecule has 1 saturated carbocycles. The maximum atomic E-state index is 11.7. The molecule has 0 bridgehead atoms. The first-order valence-corrected chi connectivity index (χ1v) is 10.0. The molecule has 2 aliphatic rings. The Bertz CT molecular complexity index is 642. The molecule has 7 heteroatoms. The molecule has 116 valence electrons. The van der Waals surface area contributed by atoms with Crippen molar-refractivity contribution in [3.63, 3.8) is 0 Å². The van der Waals surface area contributed by atoms with Gasteiger partial charge in [0.25, 0.3) is 9.05 Å². The Morgan fingerprint density at radius 1 is 1.38 bits per heavy atom. The summed E-state index contributed by atoms with van der Waals surface area (Å²) in [5.74, 6) is 0.314. The normalized spacial score (nSPS) is 24.6. The van der Waals surface area contributed by atoms with Crippen molar-refractivity contribution in [1.29, 1.82) is 0 Å². The van der Waals surface area contributed by atoms with Crippen LogP contribution in [0.1, 0.15) is 32.1 Å². The molecule has 0 N–H and O–H groups in total. The lowest BCUT2D eigenvalue weighted by Crippen LogP contribution is -2.48. The van der Waals surface area contributed by atoms with Gasteiger partial charge < -0.3 is 9.47 Å². The number of rotatable bonds is 3. The maximum absolute atomic E-state index is 11.7. The summed E-state index contributed by atoms with van der Waals surface area (Å²) in [4.78, 5) is 0.00712. The van der Waals surface area contributed by atoms with Gasteiger partial charge in [-0.25, -0.2) is 8.42 Å². The third-order valence-corrected chi connectivity index (χ3v) is 6.01. The van der Waals surface area contributed by atoms with E-state index in [1.54, 1.807) is 12.1 Å². The highest BCUT2D eigenvalue weighted by molar-refractivity contribution is 9.10. The summed E-state index contributed by atoms with van der Waals surface area (Å²) in [7, 11) is 1.65. The Kier molecular flexibility index (Phi) is 4.25. The van der Waals surface area contributed by atoms with Gasteiger partial charge in [0.05, 0.1) is 12.2 Å². The molecule has 1 unspecified atom stereocenters. The fraction of sp³-hybridized carbons (Fsp3) is 0.571. The third kappa shape index (κ3) is 3.38. The van der Waals surface area contributed by atoms with Crippen molar-refractivity contribution in [2.75, 3.05) is 6.61 Å². The SMILES string of the molecule is O=S(=O)(Cl)c1cc(Br)ccc1OC1CCOC2(CCC2)C1. The summed E-state index contributed by atoms with van der Waals surface area (Å²) in [5, 5.41) is 0. The molecule has 21 heavy (non-hydrogen) atoms. The van der Waals surface area contributed by atoms with Crippen LogP contribution in [0.4, 0.5) is 0 Å². The second-order valence-corrected chi connectivity index (χ2v) is 9.10. The zero-order valence-corrected chi connectivity index (χ0v) is 14.5. The Morgan fingerprint density at radius 3 is 2.76 bits per heavy atom. The van der Waals surface area contributed by atoms with Crippen LogP contribution in [0.15, 0.2) is 27.6 Å². The van der Waals surface area contributed by atoms with Crippen molar-refractivity contribution < 1.29 is 17.9 Å². The predicted molar refractivity (Wildman–Crippen MR) is 83.4 cm³/mol. The summed E-state index contributed by atoms with van der Waals surface area (Å²) in [6, 6.07) is 4.86. The third-order valence-electron chi connectivity index (χ3n) is 4.17. The highest BCUT2D eigenvalue weighted by Crippen LogP contribution is 2.43. The topological polar surface area (TPSA) is 52.6 Å². The lowest BCUT2D eigenvalue weighted by Gasteiger charge is -2.46. The van der Waals surface area contributed by atoms with Gasteiger partial charge in [-0.05, 0) is 37.5 Å². The molecule has 1 aromatic carbocycles. The van der Waals surface area contributed by atoms with Crippen molar-refractivity contribution in [1.82, 2.24) is 0 Å². The van der Waals surface area contributed by atoms with Crippen LogP contribution < -0.4 is 4.74 Å². The number of halogens is 2. The van der Waals surface area contributed by atoms with E-state index in [0.29, 0.717) is 16.8 Å². The second-order valence-electron chi connectivity index (χ2n) is 5.65. The fourth-order valence-corrected chi connectivity index (χ4v) is 4.45. The Morgan fingerprint density at radius 2 is 2.14 bits per heavy atom. The van der Waals surface area contributed by atoms with E-state index in [1.165, 1.54) is 12.5 Å². The summed E-state index contributed by atoms with van der Waals surface area (Å²) in [6.45, 7) is 0.657. The van der Waals surface area contributed by atoms with Crippen LogP contribution in [0.25, 0.3) is 0 Å². The van der Waals surface area contributed by atoms with Crippen LogP contribution in [0.5, 0.6) is 5.75 Å². The van der Waals surface area contributed by atoms with Gasteiger partial charge >= 0.3 is 0 Å². The molecule has 1 aliphatic carbocycles. The van der Waals surface area contributed by atoms with Crippen molar-refractivity contribution in [3.05, 3.63) is 22.7 Å². The van der Waals surface area contributed by atoms with Gasteiger partial charge in [-0.15, -0.1) is 0 Å². The van der Waals surface area contributed by atoms with E-state index in [1.807, 2.05) is 0 Å². The second kappa shape index (κ2) is 5.72. The van der Waals surface area contributed by atoms with Gasteiger partial charge in [0.1, 0.15) is 16.7 Å². The molecule has 2 fully saturated rings. The maximum Gasteiger partial charge on any atom is 0.265 e. The number of ether oxygens (including phenoxy) is 2. The van der Waals surface area contributed by atoms with Crippen molar-refractivity contribution in [2.24, 2.45) is 0 Å². The van der Waals surface area contributed by atoms with Crippen LogP contribution in [-0.4, -0.2) is 26.7 Å². The molecular weight excluding hydrogens is 380 g/mol. The van der Waals surface area contributed by atoms with Gasteiger partial charge in [-0.1, -0.05) is 15.9 Å². The summed E-state index contributed by atoms with van der Waals surface area (Å²) >= 11 is 3.25. The first-order chi connectivity index (χ1) is 9.88. The average molecular weight is 396 g/mol. The van der Waals surface area contributed by atoms with Crippen molar-refractivity contribution >= 4 is 35.7 Å². The molecular formula is C14H16BrClO4S. The van der Waals surface area contributed by atoms with Crippen LogP contribution in [0, 0.1) is 0 Å². The van der Waals surface area contributed by atoms with E-state index in [-0.39, 0.29) is 16.6 Å². The highest BCUT2D eigenvalue weighted by atomic mass is 79.9. The largest absolute Gasteiger partial charge is 0.489 e. The van der Waals surface area contributed by atoms with Crippen LogP contribution in [-0.2, 0) is 13.8 Å². The molecule has 1 aromatic rings. The van der Waals surface area contributed by atoms with E-state index in [4.69, 9.17) is 20.2 Å². The standard InChI is InChI=1S/C14H16BrClO4S/c15-10-2-3-12(13(8-10)21(16,17)18)20-11-4-7-19-14(9-11)5-1-6-14/h2-3,8,11H,1,4-7,9H2. The van der Waals surface area contributed by atoms with E-state index in [9.17, 15) is 8.42 Å². The molecule has 0 radical (unpaired) electrons. The van der Waals surface area contributed by atoms with Crippen LogP contribution in [0.2, 0.25) is 0 Å². The minimum Gasteiger partial charge on any atom is -0.489 e. The predicted octanol–water partition coefficient (Wildman–Crippen LogP) is 3.86. The minimum absolute atomic E-state index is 0.00712. The Balaban J connectivity index is 1.81. The van der Waals surface area contributed by atoms with E-state index in [2.05, 4.69) is 15.9 Å². The molecule has 1 spiro atoms. The number of benzene rings is 1. The minimum atomic E-state index is -3.84. The fourth-order valence-electron chi connectivity index (χ4n) is 2.95. The molecule has 4 nitrogen and oxygen atoms in total. The summed E-state index contributed by atoms with van der Waals surface area (Å²) in [6.07, 6.45) is 4.86. The van der Waals surface area contributed by atoms with Gasteiger partial charge in [-0.2, -0.15) is 0 Å². The molecule has 1 saturated heterocycles. The number of hydrogen-bond donors (Lipinski definition) is 0. The zero-order valence-electron chi connectivity index (χ0n) is 11.3. The number of hydrogen-bond acceptors (Lipinski definition) is 4. The quantitative estimate of drug-likeness (QED) is 0.729. The van der Waals surface area contributed by atoms with Gasteiger partial charge in [0.15, 0.2) is 0 Å². The molecule has 0 aromatic heterocycles. The summed E-state index contributed by atoms with van der Waals surface area (Å²) < 4.78 is 35.8. The van der Waals surface area contributed by atoms with Crippen molar-refractivity contribution in [3.8, 4) is 5.75 Å². The zero-order chi connectivity index (χ0) is 15.1. The average Bonchev–Trinajstić information content (AvgIpc) is 2.38.